The van der Waals surface area contributed by atoms with Gasteiger partial charge >= 0.3 is 0 Å². The predicted molar refractivity (Wildman–Crippen MR) is 121 cm³/mol. The number of halogens is 1. The molecule has 0 amide bonds. The number of fused-ring (bicyclic) bond motifs is 1. The molecule has 2 aromatic carbocycles. The molecule has 0 aliphatic carbocycles. The fourth-order valence-corrected chi connectivity index (χ4v) is 3.79. The van der Waals surface area contributed by atoms with Crippen molar-refractivity contribution in [3.8, 4) is 22.8 Å². The maximum absolute atomic E-state index is 13.2. The van der Waals surface area contributed by atoms with Gasteiger partial charge in [-0.15, -0.1) is 0 Å². The summed E-state index contributed by atoms with van der Waals surface area (Å²) in [5.41, 5.74) is 5.44. The molecule has 0 spiro atoms. The van der Waals surface area contributed by atoms with Crippen molar-refractivity contribution >= 4 is 11.3 Å². The zero-order valence-electron chi connectivity index (χ0n) is 17.4. The highest BCUT2D eigenvalue weighted by atomic mass is 19.1. The topological polar surface area (TPSA) is 60.1 Å². The Morgan fingerprint density at radius 2 is 1.81 bits per heavy atom. The van der Waals surface area contributed by atoms with Crippen molar-refractivity contribution in [2.24, 2.45) is 0 Å². The van der Waals surface area contributed by atoms with Crippen LogP contribution in [0.2, 0.25) is 0 Å². The van der Waals surface area contributed by atoms with Gasteiger partial charge in [0.15, 0.2) is 11.6 Å². The van der Waals surface area contributed by atoms with Gasteiger partial charge in [0.2, 0.25) is 0 Å². The Morgan fingerprint density at radius 3 is 2.59 bits per heavy atom. The molecule has 0 saturated carbocycles. The first-order chi connectivity index (χ1) is 15.6. The SMILES string of the molecule is Cc1ccc(-c2nccn3c(-c4ccccn4)ncc23)cc1C(=O)Cc1ccc(F)cc1. The van der Waals surface area contributed by atoms with E-state index in [2.05, 4.69) is 15.0 Å². The molecule has 3 aromatic heterocycles. The Bertz CT molecular complexity index is 1430. The van der Waals surface area contributed by atoms with E-state index in [0.717, 1.165) is 39.4 Å². The van der Waals surface area contributed by atoms with Crippen LogP contribution < -0.4 is 0 Å². The second kappa shape index (κ2) is 8.15. The number of aromatic nitrogens is 4. The molecule has 0 unspecified atom stereocenters. The summed E-state index contributed by atoms with van der Waals surface area (Å²) in [4.78, 5) is 26.5. The second-order valence-corrected chi connectivity index (χ2v) is 7.58. The maximum atomic E-state index is 13.2. The summed E-state index contributed by atoms with van der Waals surface area (Å²) in [7, 11) is 0. The largest absolute Gasteiger partial charge is 0.295 e. The number of pyridine rings is 1. The van der Waals surface area contributed by atoms with Gasteiger partial charge < -0.3 is 0 Å². The molecule has 0 aliphatic heterocycles. The normalized spacial score (nSPS) is 11.1. The quantitative estimate of drug-likeness (QED) is 0.359. The van der Waals surface area contributed by atoms with Crippen molar-refractivity contribution in [2.75, 3.05) is 0 Å². The van der Waals surface area contributed by atoms with E-state index in [0.29, 0.717) is 5.56 Å². The lowest BCUT2D eigenvalue weighted by atomic mass is 9.96. The number of carbonyl (C=O) groups is 1. The number of ketones is 1. The predicted octanol–water partition coefficient (Wildman–Crippen LogP) is 5.33. The average molecular weight is 422 g/mol. The third-order valence-corrected chi connectivity index (χ3v) is 5.44. The van der Waals surface area contributed by atoms with Crippen LogP contribution in [0.15, 0.2) is 85.5 Å². The van der Waals surface area contributed by atoms with Gasteiger partial charge in [0.1, 0.15) is 11.5 Å². The lowest BCUT2D eigenvalue weighted by molar-refractivity contribution is 0.0992. The molecule has 6 heteroatoms. The van der Waals surface area contributed by atoms with Crippen LogP contribution >= 0.6 is 0 Å². The minimum atomic E-state index is -0.315. The molecule has 0 atom stereocenters. The van der Waals surface area contributed by atoms with Gasteiger partial charge in [-0.2, -0.15) is 0 Å². The molecule has 0 bridgehead atoms. The van der Waals surface area contributed by atoms with Crippen LogP contribution in [0.3, 0.4) is 0 Å². The van der Waals surface area contributed by atoms with E-state index in [-0.39, 0.29) is 18.0 Å². The fourth-order valence-electron chi connectivity index (χ4n) is 3.79. The Kier molecular flexibility index (Phi) is 5.03. The van der Waals surface area contributed by atoms with E-state index in [1.807, 2.05) is 53.9 Å². The first-order valence-electron chi connectivity index (χ1n) is 10.2. The molecule has 0 aliphatic rings. The van der Waals surface area contributed by atoms with Crippen LogP contribution in [0.25, 0.3) is 28.3 Å². The highest BCUT2D eigenvalue weighted by molar-refractivity contribution is 6.00. The van der Waals surface area contributed by atoms with Crippen LogP contribution in [0.5, 0.6) is 0 Å². The van der Waals surface area contributed by atoms with Crippen molar-refractivity contribution < 1.29 is 9.18 Å². The number of hydrogen-bond acceptors (Lipinski definition) is 4. The van der Waals surface area contributed by atoms with Gasteiger partial charge in [-0.3, -0.25) is 19.2 Å². The number of carbonyl (C=O) groups excluding carboxylic acids is 1. The smallest absolute Gasteiger partial charge is 0.167 e. The summed E-state index contributed by atoms with van der Waals surface area (Å²) in [6.07, 6.45) is 7.28. The maximum Gasteiger partial charge on any atom is 0.167 e. The van der Waals surface area contributed by atoms with Crippen LogP contribution in [0.4, 0.5) is 4.39 Å². The molecule has 0 saturated heterocycles. The van der Waals surface area contributed by atoms with Gasteiger partial charge in [-0.1, -0.05) is 30.3 Å². The first kappa shape index (κ1) is 19.8. The highest BCUT2D eigenvalue weighted by Crippen LogP contribution is 2.28. The van der Waals surface area contributed by atoms with Gasteiger partial charge in [0.25, 0.3) is 0 Å². The van der Waals surface area contributed by atoms with E-state index in [9.17, 15) is 9.18 Å². The van der Waals surface area contributed by atoms with Crippen molar-refractivity contribution in [3.63, 3.8) is 0 Å². The van der Waals surface area contributed by atoms with E-state index in [4.69, 9.17) is 0 Å². The van der Waals surface area contributed by atoms with Crippen LogP contribution in [0.1, 0.15) is 21.5 Å². The number of aryl methyl sites for hydroxylation is 1. The Hall–Kier alpha value is -4.19. The van der Waals surface area contributed by atoms with Crippen molar-refractivity contribution in [1.82, 2.24) is 19.4 Å². The van der Waals surface area contributed by atoms with Gasteiger partial charge in [-0.25, -0.2) is 9.37 Å². The zero-order chi connectivity index (χ0) is 22.1. The van der Waals surface area contributed by atoms with Crippen LogP contribution in [-0.4, -0.2) is 25.1 Å². The highest BCUT2D eigenvalue weighted by Gasteiger charge is 2.16. The standard InChI is InChI=1S/C26H19FN4O/c1-17-5-8-19(15-21(17)24(32)14-18-6-9-20(27)10-7-18)25-23-16-30-26(31(23)13-12-29-25)22-4-2-3-11-28-22/h2-13,15-16H,14H2,1H3. The summed E-state index contributed by atoms with van der Waals surface area (Å²) >= 11 is 0. The van der Waals surface area contributed by atoms with E-state index >= 15 is 0 Å². The zero-order valence-corrected chi connectivity index (χ0v) is 17.4. The molecule has 32 heavy (non-hydrogen) atoms. The van der Waals surface area contributed by atoms with E-state index in [1.165, 1.54) is 12.1 Å². The molecule has 156 valence electrons. The molecular formula is C26H19FN4O. The monoisotopic (exact) mass is 422 g/mol. The first-order valence-corrected chi connectivity index (χ1v) is 10.2. The number of Topliss-reactive ketones (excluding diaryl/α,β-unsaturated/α-hetero) is 1. The minimum Gasteiger partial charge on any atom is -0.295 e. The number of hydrogen-bond donors (Lipinski definition) is 0. The van der Waals surface area contributed by atoms with Crippen LogP contribution in [-0.2, 0) is 6.42 Å². The Labute approximate surface area is 184 Å². The Morgan fingerprint density at radius 1 is 0.969 bits per heavy atom. The molecule has 0 fully saturated rings. The van der Waals surface area contributed by atoms with Crippen molar-refractivity contribution in [3.05, 3.63) is 108 Å². The molecule has 3 heterocycles. The number of imidazole rings is 1. The lowest BCUT2D eigenvalue weighted by Gasteiger charge is -2.10. The summed E-state index contributed by atoms with van der Waals surface area (Å²) in [5.74, 6) is 0.388. The summed E-state index contributed by atoms with van der Waals surface area (Å²) < 4.78 is 15.1. The van der Waals surface area contributed by atoms with E-state index < -0.39 is 0 Å². The van der Waals surface area contributed by atoms with Gasteiger partial charge in [0, 0.05) is 36.1 Å². The number of rotatable bonds is 5. The molecular weight excluding hydrogens is 403 g/mol. The van der Waals surface area contributed by atoms with Crippen LogP contribution in [0, 0.1) is 12.7 Å². The molecule has 5 rings (SSSR count). The van der Waals surface area contributed by atoms with Crippen molar-refractivity contribution in [2.45, 2.75) is 13.3 Å². The van der Waals surface area contributed by atoms with E-state index in [1.54, 1.807) is 30.7 Å². The third-order valence-electron chi connectivity index (χ3n) is 5.44. The molecule has 0 N–H and O–H groups in total. The Balaban J connectivity index is 1.54. The number of benzene rings is 2. The van der Waals surface area contributed by atoms with Gasteiger partial charge in [-0.05, 0) is 48.4 Å². The summed E-state index contributed by atoms with van der Waals surface area (Å²) in [6.45, 7) is 1.91. The van der Waals surface area contributed by atoms with Crippen molar-refractivity contribution in [1.29, 1.82) is 0 Å². The fraction of sp³-hybridized carbons (Fsp3) is 0.0769. The van der Waals surface area contributed by atoms with Gasteiger partial charge in [0.05, 0.1) is 17.4 Å². The third kappa shape index (κ3) is 3.67. The number of nitrogens with zero attached hydrogens (tertiary/aromatic N) is 4. The minimum absolute atomic E-state index is 0.0226. The molecule has 0 radical (unpaired) electrons. The summed E-state index contributed by atoms with van der Waals surface area (Å²) in [6, 6.07) is 17.5. The summed E-state index contributed by atoms with van der Waals surface area (Å²) in [5, 5.41) is 0. The second-order valence-electron chi connectivity index (χ2n) is 7.58. The molecule has 5 nitrogen and oxygen atoms in total. The molecule has 5 aromatic rings. The average Bonchev–Trinajstić information content (AvgIpc) is 3.26. The lowest BCUT2D eigenvalue weighted by Crippen LogP contribution is -2.06.